The number of esters is 2. The fourth-order valence-electron chi connectivity index (χ4n) is 4.12. The highest BCUT2D eigenvalue weighted by atomic mass is 16.6. The van der Waals surface area contributed by atoms with Crippen molar-refractivity contribution in [2.45, 2.75) is 84.5 Å². The second kappa shape index (κ2) is 9.92. The molecule has 1 aliphatic heterocycles. The highest BCUT2D eigenvalue weighted by Crippen LogP contribution is 2.42. The molecule has 0 N–H and O–H groups in total. The van der Waals surface area contributed by atoms with Crippen LogP contribution in [0.15, 0.2) is 30.3 Å². The second-order valence-electron chi connectivity index (χ2n) is 10.2. The zero-order chi connectivity index (χ0) is 24.2. The molecule has 0 bridgehead atoms. The third-order valence-corrected chi connectivity index (χ3v) is 5.25. The SMILES string of the molecule is CCOC(=O)[C@@]1(Cc2ccccc2)[C@@H](CC(=O)OC(C)(C)C)CCN1C(=O)OC(C)(C)C. The van der Waals surface area contributed by atoms with Gasteiger partial charge in [0.05, 0.1) is 13.0 Å². The van der Waals surface area contributed by atoms with E-state index >= 15 is 0 Å². The van der Waals surface area contributed by atoms with E-state index in [2.05, 4.69) is 0 Å². The lowest BCUT2D eigenvalue weighted by atomic mass is 9.77. The van der Waals surface area contributed by atoms with E-state index in [1.54, 1.807) is 48.5 Å². The van der Waals surface area contributed by atoms with Gasteiger partial charge in [0.25, 0.3) is 0 Å². The summed E-state index contributed by atoms with van der Waals surface area (Å²) in [6, 6.07) is 9.45. The topological polar surface area (TPSA) is 82.1 Å². The Morgan fingerprint density at radius 1 is 1.00 bits per heavy atom. The van der Waals surface area contributed by atoms with Crippen molar-refractivity contribution in [3.05, 3.63) is 35.9 Å². The molecule has 1 amide bonds. The Hall–Kier alpha value is -2.57. The summed E-state index contributed by atoms with van der Waals surface area (Å²) in [6.45, 7) is 12.9. The van der Waals surface area contributed by atoms with E-state index in [-0.39, 0.29) is 26.0 Å². The van der Waals surface area contributed by atoms with Crippen molar-refractivity contribution in [2.75, 3.05) is 13.2 Å². The van der Waals surface area contributed by atoms with E-state index in [4.69, 9.17) is 14.2 Å². The van der Waals surface area contributed by atoms with Crippen LogP contribution in [-0.2, 0) is 30.2 Å². The van der Waals surface area contributed by atoms with E-state index in [0.29, 0.717) is 6.42 Å². The third kappa shape index (κ3) is 6.47. The van der Waals surface area contributed by atoms with E-state index in [1.165, 1.54) is 4.90 Å². The van der Waals surface area contributed by atoms with Gasteiger partial charge >= 0.3 is 18.0 Å². The Morgan fingerprint density at radius 3 is 2.12 bits per heavy atom. The minimum Gasteiger partial charge on any atom is -0.464 e. The zero-order valence-electron chi connectivity index (χ0n) is 20.4. The summed E-state index contributed by atoms with van der Waals surface area (Å²) in [7, 11) is 0. The molecule has 1 saturated heterocycles. The average Bonchev–Trinajstić information content (AvgIpc) is 2.99. The molecule has 32 heavy (non-hydrogen) atoms. The first-order valence-corrected chi connectivity index (χ1v) is 11.2. The first-order chi connectivity index (χ1) is 14.8. The fraction of sp³-hybridized carbons (Fsp3) is 0.640. The first kappa shape index (κ1) is 25.7. The molecule has 0 aromatic heterocycles. The van der Waals surface area contributed by atoms with Gasteiger partial charge in [-0.3, -0.25) is 9.69 Å². The van der Waals surface area contributed by atoms with Crippen LogP contribution in [0.25, 0.3) is 0 Å². The van der Waals surface area contributed by atoms with Crippen LogP contribution in [0.1, 0.15) is 66.9 Å². The normalized spacial score (nSPS) is 21.2. The van der Waals surface area contributed by atoms with Crippen LogP contribution in [0.5, 0.6) is 0 Å². The lowest BCUT2D eigenvalue weighted by Gasteiger charge is -2.40. The van der Waals surface area contributed by atoms with Crippen molar-refractivity contribution in [1.29, 1.82) is 0 Å². The van der Waals surface area contributed by atoms with Crippen molar-refractivity contribution in [2.24, 2.45) is 5.92 Å². The predicted molar refractivity (Wildman–Crippen MR) is 121 cm³/mol. The second-order valence-corrected chi connectivity index (χ2v) is 10.2. The Bertz CT molecular complexity index is 808. The van der Waals surface area contributed by atoms with Gasteiger partial charge in [-0.05, 0) is 60.5 Å². The first-order valence-electron chi connectivity index (χ1n) is 11.2. The molecule has 0 spiro atoms. The van der Waals surface area contributed by atoms with Gasteiger partial charge in [-0.15, -0.1) is 0 Å². The number of hydrogen-bond donors (Lipinski definition) is 0. The van der Waals surface area contributed by atoms with Gasteiger partial charge in [0.1, 0.15) is 11.2 Å². The maximum atomic E-state index is 13.5. The number of hydrogen-bond acceptors (Lipinski definition) is 6. The number of ether oxygens (including phenoxy) is 3. The number of amides is 1. The quantitative estimate of drug-likeness (QED) is 0.471. The fourth-order valence-corrected chi connectivity index (χ4v) is 4.12. The summed E-state index contributed by atoms with van der Waals surface area (Å²) in [4.78, 5) is 40.9. The number of rotatable bonds is 6. The molecule has 7 nitrogen and oxygen atoms in total. The van der Waals surface area contributed by atoms with Gasteiger partial charge in [-0.1, -0.05) is 30.3 Å². The van der Waals surface area contributed by atoms with Crippen molar-refractivity contribution < 1.29 is 28.6 Å². The van der Waals surface area contributed by atoms with Crippen molar-refractivity contribution in [3.8, 4) is 0 Å². The Morgan fingerprint density at radius 2 is 1.59 bits per heavy atom. The molecule has 178 valence electrons. The molecule has 1 heterocycles. The lowest BCUT2D eigenvalue weighted by Crippen LogP contribution is -2.59. The highest BCUT2D eigenvalue weighted by Gasteiger charge is 2.58. The number of carbonyl (C=O) groups is 3. The highest BCUT2D eigenvalue weighted by molar-refractivity contribution is 5.88. The smallest absolute Gasteiger partial charge is 0.411 e. The summed E-state index contributed by atoms with van der Waals surface area (Å²) in [5.74, 6) is -1.40. The monoisotopic (exact) mass is 447 g/mol. The number of carbonyl (C=O) groups excluding carboxylic acids is 3. The number of likely N-dealkylation sites (tertiary alicyclic amines) is 1. The predicted octanol–water partition coefficient (Wildman–Crippen LogP) is 4.52. The van der Waals surface area contributed by atoms with E-state index in [0.717, 1.165) is 5.56 Å². The van der Waals surface area contributed by atoms with Crippen molar-refractivity contribution >= 4 is 18.0 Å². The molecule has 0 radical (unpaired) electrons. The molecular weight excluding hydrogens is 410 g/mol. The van der Waals surface area contributed by atoms with Crippen molar-refractivity contribution in [3.63, 3.8) is 0 Å². The zero-order valence-corrected chi connectivity index (χ0v) is 20.4. The minimum absolute atomic E-state index is 0.00220. The lowest BCUT2D eigenvalue weighted by molar-refractivity contribution is -0.162. The summed E-state index contributed by atoms with van der Waals surface area (Å²) in [5.41, 5.74) is -1.87. The molecule has 1 aromatic carbocycles. The van der Waals surface area contributed by atoms with Crippen LogP contribution in [0, 0.1) is 5.92 Å². The molecule has 0 aliphatic carbocycles. The van der Waals surface area contributed by atoms with Crippen molar-refractivity contribution in [1.82, 2.24) is 4.90 Å². The van der Waals surface area contributed by atoms with Gasteiger partial charge in [0.15, 0.2) is 5.54 Å². The van der Waals surface area contributed by atoms with Crippen LogP contribution < -0.4 is 0 Å². The van der Waals surface area contributed by atoms with Gasteiger partial charge in [-0.25, -0.2) is 9.59 Å². The Labute approximate surface area is 191 Å². The molecule has 7 heteroatoms. The Kier molecular flexibility index (Phi) is 7.97. The maximum Gasteiger partial charge on any atom is 0.411 e. The summed E-state index contributed by atoms with van der Waals surface area (Å²) in [5, 5.41) is 0. The minimum atomic E-state index is -1.36. The molecule has 1 fully saturated rings. The molecular formula is C25H37NO6. The van der Waals surface area contributed by atoms with Crippen LogP contribution in [0.3, 0.4) is 0 Å². The van der Waals surface area contributed by atoms with Gasteiger partial charge in [0, 0.05) is 18.9 Å². The van der Waals surface area contributed by atoms with Crippen LogP contribution in [-0.4, -0.2) is 52.8 Å². The number of nitrogens with zero attached hydrogens (tertiary/aromatic N) is 1. The largest absolute Gasteiger partial charge is 0.464 e. The third-order valence-electron chi connectivity index (χ3n) is 5.25. The molecule has 2 atom stereocenters. The summed E-state index contributed by atoms with van der Waals surface area (Å²) >= 11 is 0. The van der Waals surface area contributed by atoms with E-state index in [9.17, 15) is 14.4 Å². The van der Waals surface area contributed by atoms with Gasteiger partial charge in [-0.2, -0.15) is 0 Å². The molecule has 0 unspecified atom stereocenters. The maximum absolute atomic E-state index is 13.5. The van der Waals surface area contributed by atoms with Gasteiger partial charge < -0.3 is 14.2 Å². The summed E-state index contributed by atoms with van der Waals surface area (Å²) in [6.07, 6.45) is 0.0966. The molecule has 0 saturated carbocycles. The molecule has 1 aliphatic rings. The van der Waals surface area contributed by atoms with E-state index in [1.807, 2.05) is 30.3 Å². The standard InChI is InChI=1S/C25H37NO6/c1-8-30-21(28)25(17-18-12-10-9-11-13-18)19(16-20(27)31-23(2,3)4)14-15-26(25)22(29)32-24(5,6)7/h9-13,19H,8,14-17H2,1-7H3/t19-,25-/m1/s1. The summed E-state index contributed by atoms with van der Waals surface area (Å²) < 4.78 is 16.7. The average molecular weight is 448 g/mol. The molecule has 2 rings (SSSR count). The van der Waals surface area contributed by atoms with E-state index < -0.39 is 40.7 Å². The molecule has 1 aromatic rings. The Balaban J connectivity index is 2.51. The number of benzene rings is 1. The van der Waals surface area contributed by atoms with Crippen LogP contribution in [0.2, 0.25) is 0 Å². The van der Waals surface area contributed by atoms with Gasteiger partial charge in [0.2, 0.25) is 0 Å². The van der Waals surface area contributed by atoms with Crippen LogP contribution >= 0.6 is 0 Å². The van der Waals surface area contributed by atoms with Crippen LogP contribution in [0.4, 0.5) is 4.79 Å².